The quantitative estimate of drug-likeness (QED) is 0.806. The average Bonchev–Trinajstić information content (AvgIpc) is 2.34. The third-order valence-electron chi connectivity index (χ3n) is 3.92. The van der Waals surface area contributed by atoms with Crippen molar-refractivity contribution in [2.45, 2.75) is 45.7 Å². The summed E-state index contributed by atoms with van der Waals surface area (Å²) in [6, 6.07) is 1.15. The average molecular weight is 269 g/mol. The fraction of sp³-hybridized carbons (Fsp3) is 0.929. The number of urea groups is 1. The van der Waals surface area contributed by atoms with E-state index in [1.165, 1.54) is 0 Å². The van der Waals surface area contributed by atoms with Crippen molar-refractivity contribution >= 4 is 6.03 Å². The van der Waals surface area contributed by atoms with Crippen molar-refractivity contribution in [2.75, 3.05) is 32.8 Å². The number of nitrogens with one attached hydrogen (secondary N) is 2. The molecule has 2 amide bonds. The zero-order valence-corrected chi connectivity index (χ0v) is 12.4. The Labute approximate surface area is 116 Å². The lowest BCUT2D eigenvalue weighted by atomic mass is 9.89. The largest absolute Gasteiger partial charge is 0.380 e. The van der Waals surface area contributed by atoms with Gasteiger partial charge in [0.2, 0.25) is 0 Å². The number of hydrogen-bond acceptors (Lipinski definition) is 3. The molecule has 2 saturated heterocycles. The molecule has 0 spiro atoms. The Balaban J connectivity index is 1.67. The standard InChI is InChI=1S/C14H27N3O2/c1-11(2)16-12-4-6-17(7-5-12)13(18)15-8-14(3)9-19-10-14/h11-12,16H,4-10H2,1-3H3,(H,15,18). The lowest BCUT2D eigenvalue weighted by Gasteiger charge is -2.39. The number of amides is 2. The third kappa shape index (κ3) is 4.08. The molecule has 0 aromatic carbocycles. The van der Waals surface area contributed by atoms with Gasteiger partial charge in [-0.25, -0.2) is 4.79 Å². The molecule has 2 rings (SSSR count). The van der Waals surface area contributed by atoms with Gasteiger partial charge in [-0.3, -0.25) is 0 Å². The van der Waals surface area contributed by atoms with Crippen LogP contribution in [0, 0.1) is 5.41 Å². The number of likely N-dealkylation sites (tertiary alicyclic amines) is 1. The Bertz CT molecular complexity index is 308. The molecule has 0 atom stereocenters. The molecule has 0 aromatic rings. The van der Waals surface area contributed by atoms with Crippen molar-refractivity contribution in [1.82, 2.24) is 15.5 Å². The number of carbonyl (C=O) groups is 1. The van der Waals surface area contributed by atoms with Crippen molar-refractivity contribution in [3.05, 3.63) is 0 Å². The number of piperidine rings is 1. The molecule has 0 saturated carbocycles. The molecule has 2 aliphatic rings. The van der Waals surface area contributed by atoms with Gasteiger partial charge in [-0.1, -0.05) is 20.8 Å². The molecule has 2 heterocycles. The van der Waals surface area contributed by atoms with Crippen LogP contribution >= 0.6 is 0 Å². The topological polar surface area (TPSA) is 53.6 Å². The molecule has 0 bridgehead atoms. The minimum absolute atomic E-state index is 0.0797. The number of rotatable bonds is 4. The fourth-order valence-electron chi connectivity index (χ4n) is 2.67. The highest BCUT2D eigenvalue weighted by Crippen LogP contribution is 2.25. The summed E-state index contributed by atoms with van der Waals surface area (Å²) in [6.07, 6.45) is 2.10. The zero-order valence-electron chi connectivity index (χ0n) is 12.4. The fourth-order valence-corrected chi connectivity index (χ4v) is 2.67. The molecule has 0 aromatic heterocycles. The van der Waals surface area contributed by atoms with Crippen molar-refractivity contribution in [2.24, 2.45) is 5.41 Å². The predicted molar refractivity (Wildman–Crippen MR) is 75.2 cm³/mol. The molecule has 0 unspecified atom stereocenters. The molecular formula is C14H27N3O2. The van der Waals surface area contributed by atoms with E-state index < -0.39 is 0 Å². The number of nitrogens with zero attached hydrogens (tertiary/aromatic N) is 1. The Morgan fingerprint density at radius 2 is 2.00 bits per heavy atom. The van der Waals surface area contributed by atoms with Crippen LogP contribution in [0.15, 0.2) is 0 Å². The van der Waals surface area contributed by atoms with Crippen LogP contribution in [0.1, 0.15) is 33.6 Å². The second-order valence-corrected chi connectivity index (χ2v) is 6.54. The second-order valence-electron chi connectivity index (χ2n) is 6.54. The predicted octanol–water partition coefficient (Wildman–Crippen LogP) is 1.19. The zero-order chi connectivity index (χ0) is 13.9. The minimum atomic E-state index is 0.0797. The van der Waals surface area contributed by atoms with E-state index in [1.807, 2.05) is 4.90 Å². The Hall–Kier alpha value is -0.810. The van der Waals surface area contributed by atoms with Gasteiger partial charge in [0.15, 0.2) is 0 Å². The van der Waals surface area contributed by atoms with Crippen molar-refractivity contribution < 1.29 is 9.53 Å². The van der Waals surface area contributed by atoms with Crippen LogP contribution in [0.3, 0.4) is 0 Å². The third-order valence-corrected chi connectivity index (χ3v) is 3.92. The van der Waals surface area contributed by atoms with E-state index in [9.17, 15) is 4.79 Å². The summed E-state index contributed by atoms with van der Waals surface area (Å²) >= 11 is 0. The van der Waals surface area contributed by atoms with Gasteiger partial charge in [-0.2, -0.15) is 0 Å². The van der Waals surface area contributed by atoms with Gasteiger partial charge in [0.25, 0.3) is 0 Å². The van der Waals surface area contributed by atoms with Crippen molar-refractivity contribution in [3.8, 4) is 0 Å². The molecule has 110 valence electrons. The Morgan fingerprint density at radius 1 is 1.37 bits per heavy atom. The number of hydrogen-bond donors (Lipinski definition) is 2. The monoisotopic (exact) mass is 269 g/mol. The van der Waals surface area contributed by atoms with Crippen LogP contribution in [0.2, 0.25) is 0 Å². The first-order valence-corrected chi connectivity index (χ1v) is 7.35. The van der Waals surface area contributed by atoms with Gasteiger partial charge in [0.1, 0.15) is 0 Å². The molecule has 2 N–H and O–H groups in total. The first kappa shape index (κ1) is 14.6. The van der Waals surface area contributed by atoms with E-state index in [4.69, 9.17) is 4.74 Å². The van der Waals surface area contributed by atoms with Crippen LogP contribution in [0.4, 0.5) is 4.79 Å². The maximum Gasteiger partial charge on any atom is 0.317 e. The number of carbonyl (C=O) groups excluding carboxylic acids is 1. The summed E-state index contributed by atoms with van der Waals surface area (Å²) in [5, 5.41) is 6.58. The highest BCUT2D eigenvalue weighted by atomic mass is 16.5. The van der Waals surface area contributed by atoms with E-state index in [0.29, 0.717) is 12.1 Å². The highest BCUT2D eigenvalue weighted by Gasteiger charge is 2.34. The highest BCUT2D eigenvalue weighted by molar-refractivity contribution is 5.74. The van der Waals surface area contributed by atoms with Crippen LogP contribution < -0.4 is 10.6 Å². The lowest BCUT2D eigenvalue weighted by Crippen LogP contribution is -2.53. The molecule has 0 aliphatic carbocycles. The molecule has 0 radical (unpaired) electrons. The van der Waals surface area contributed by atoms with Crippen LogP contribution in [0.5, 0.6) is 0 Å². The van der Waals surface area contributed by atoms with E-state index in [0.717, 1.165) is 45.7 Å². The van der Waals surface area contributed by atoms with E-state index in [2.05, 4.69) is 31.4 Å². The van der Waals surface area contributed by atoms with Gasteiger partial charge < -0.3 is 20.3 Å². The normalized spacial score (nSPS) is 23.3. The smallest absolute Gasteiger partial charge is 0.317 e. The minimum Gasteiger partial charge on any atom is -0.380 e. The maximum absolute atomic E-state index is 12.1. The molecule has 19 heavy (non-hydrogen) atoms. The van der Waals surface area contributed by atoms with Crippen LogP contribution in [-0.4, -0.2) is 55.9 Å². The van der Waals surface area contributed by atoms with Crippen LogP contribution in [0.25, 0.3) is 0 Å². The Morgan fingerprint density at radius 3 is 2.47 bits per heavy atom. The molecule has 5 heteroatoms. The van der Waals surface area contributed by atoms with E-state index >= 15 is 0 Å². The summed E-state index contributed by atoms with van der Waals surface area (Å²) in [6.45, 7) is 10.4. The van der Waals surface area contributed by atoms with Crippen molar-refractivity contribution in [1.29, 1.82) is 0 Å². The van der Waals surface area contributed by atoms with Gasteiger partial charge in [-0.15, -0.1) is 0 Å². The SMILES string of the molecule is CC(C)NC1CCN(C(=O)NCC2(C)COC2)CC1. The first-order valence-electron chi connectivity index (χ1n) is 7.35. The molecule has 2 fully saturated rings. The first-order chi connectivity index (χ1) is 8.98. The maximum atomic E-state index is 12.1. The van der Waals surface area contributed by atoms with Gasteiger partial charge in [0.05, 0.1) is 13.2 Å². The Kier molecular flexibility index (Phi) is 4.68. The molecular weight excluding hydrogens is 242 g/mol. The van der Waals surface area contributed by atoms with Crippen molar-refractivity contribution in [3.63, 3.8) is 0 Å². The van der Waals surface area contributed by atoms with Crippen LogP contribution in [-0.2, 0) is 4.74 Å². The second kappa shape index (κ2) is 6.09. The molecule has 5 nitrogen and oxygen atoms in total. The summed E-state index contributed by atoms with van der Waals surface area (Å²) < 4.78 is 5.19. The van der Waals surface area contributed by atoms with Gasteiger partial charge >= 0.3 is 6.03 Å². The summed E-state index contributed by atoms with van der Waals surface area (Å²) in [4.78, 5) is 14.0. The summed E-state index contributed by atoms with van der Waals surface area (Å²) in [7, 11) is 0. The van der Waals surface area contributed by atoms with E-state index in [1.54, 1.807) is 0 Å². The molecule has 2 aliphatic heterocycles. The lowest BCUT2D eigenvalue weighted by molar-refractivity contribution is -0.0979. The van der Waals surface area contributed by atoms with Gasteiger partial charge in [0, 0.05) is 37.1 Å². The number of ether oxygens (including phenoxy) is 1. The summed E-state index contributed by atoms with van der Waals surface area (Å²) in [5.41, 5.74) is 0.146. The van der Waals surface area contributed by atoms with Gasteiger partial charge in [-0.05, 0) is 12.8 Å². The van der Waals surface area contributed by atoms with E-state index in [-0.39, 0.29) is 11.4 Å². The summed E-state index contributed by atoms with van der Waals surface area (Å²) in [5.74, 6) is 0.